The summed E-state index contributed by atoms with van der Waals surface area (Å²) in [6.07, 6.45) is 1.34. The first-order valence-corrected chi connectivity index (χ1v) is 7.39. The zero-order valence-electron chi connectivity index (χ0n) is 9.93. The van der Waals surface area contributed by atoms with E-state index >= 15 is 0 Å². The van der Waals surface area contributed by atoms with Crippen LogP contribution in [0.2, 0.25) is 5.02 Å². The topological polar surface area (TPSA) is 82.2 Å². The minimum Gasteiger partial charge on any atom is -0.390 e. The van der Waals surface area contributed by atoms with E-state index in [4.69, 9.17) is 16.7 Å². The van der Waals surface area contributed by atoms with Gasteiger partial charge < -0.3 is 10.1 Å². The smallest absolute Gasteiger partial charge is 0.242 e. The standard InChI is InChI=1S/C12H13ClN2O3S/c13-10-3-1-2-9(4-10)6-15-19(17,18)12-5-11(8-16)14-7-12/h1-5,7,14-16H,6,8H2. The maximum atomic E-state index is 12.0. The normalized spacial score (nSPS) is 11.7. The Labute approximate surface area is 116 Å². The number of H-pyrrole nitrogens is 1. The van der Waals surface area contributed by atoms with Crippen LogP contribution in [0.1, 0.15) is 11.3 Å². The zero-order chi connectivity index (χ0) is 13.9. The van der Waals surface area contributed by atoms with Crippen LogP contribution in [0.15, 0.2) is 41.4 Å². The molecular formula is C12H13ClN2O3S. The van der Waals surface area contributed by atoms with Gasteiger partial charge >= 0.3 is 0 Å². The Kier molecular flexibility index (Phi) is 4.26. The Hall–Kier alpha value is -1.34. The van der Waals surface area contributed by atoms with E-state index < -0.39 is 10.0 Å². The van der Waals surface area contributed by atoms with Gasteiger partial charge in [0.1, 0.15) is 0 Å². The molecular weight excluding hydrogens is 288 g/mol. The van der Waals surface area contributed by atoms with Crippen LogP contribution in [-0.4, -0.2) is 18.5 Å². The second-order valence-electron chi connectivity index (χ2n) is 3.97. The van der Waals surface area contributed by atoms with Crippen molar-refractivity contribution in [2.75, 3.05) is 0 Å². The fraction of sp³-hybridized carbons (Fsp3) is 0.167. The quantitative estimate of drug-likeness (QED) is 0.785. The predicted octanol–water partition coefficient (Wildman–Crippen LogP) is 1.64. The van der Waals surface area contributed by atoms with Gasteiger partial charge in [-0.25, -0.2) is 13.1 Å². The number of aromatic amines is 1. The summed E-state index contributed by atoms with van der Waals surface area (Å²) in [5.41, 5.74) is 1.22. The molecule has 0 radical (unpaired) electrons. The molecule has 2 aromatic rings. The second-order valence-corrected chi connectivity index (χ2v) is 6.18. The van der Waals surface area contributed by atoms with Gasteiger partial charge in [0, 0.05) is 23.5 Å². The second kappa shape index (κ2) is 5.75. The van der Waals surface area contributed by atoms with Crippen LogP contribution in [-0.2, 0) is 23.2 Å². The predicted molar refractivity (Wildman–Crippen MR) is 72.2 cm³/mol. The number of aliphatic hydroxyl groups excluding tert-OH is 1. The van der Waals surface area contributed by atoms with Gasteiger partial charge in [0.05, 0.1) is 11.5 Å². The van der Waals surface area contributed by atoms with Crippen LogP contribution in [0.5, 0.6) is 0 Å². The molecule has 3 N–H and O–H groups in total. The molecule has 0 amide bonds. The highest BCUT2D eigenvalue weighted by atomic mass is 35.5. The van der Waals surface area contributed by atoms with Crippen molar-refractivity contribution in [1.29, 1.82) is 0 Å². The molecule has 1 aromatic carbocycles. The highest BCUT2D eigenvalue weighted by Crippen LogP contribution is 2.13. The van der Waals surface area contributed by atoms with E-state index in [1.165, 1.54) is 12.3 Å². The Bertz CT molecular complexity index is 667. The number of benzene rings is 1. The molecule has 0 fully saturated rings. The minimum atomic E-state index is -3.60. The number of hydrogen-bond acceptors (Lipinski definition) is 3. The van der Waals surface area contributed by atoms with E-state index in [1.54, 1.807) is 24.3 Å². The van der Waals surface area contributed by atoms with Crippen molar-refractivity contribution >= 4 is 21.6 Å². The highest BCUT2D eigenvalue weighted by Gasteiger charge is 2.15. The molecule has 0 bridgehead atoms. The van der Waals surface area contributed by atoms with Crippen LogP contribution in [0.3, 0.4) is 0 Å². The van der Waals surface area contributed by atoms with Crippen LogP contribution in [0.25, 0.3) is 0 Å². The Balaban J connectivity index is 2.09. The average Bonchev–Trinajstić information content (AvgIpc) is 2.86. The van der Waals surface area contributed by atoms with E-state index in [-0.39, 0.29) is 18.0 Å². The van der Waals surface area contributed by atoms with Crippen molar-refractivity contribution in [1.82, 2.24) is 9.71 Å². The minimum absolute atomic E-state index is 0.0959. The van der Waals surface area contributed by atoms with E-state index in [9.17, 15) is 8.42 Å². The fourth-order valence-corrected chi connectivity index (χ4v) is 2.82. The molecule has 19 heavy (non-hydrogen) atoms. The largest absolute Gasteiger partial charge is 0.390 e. The Morgan fingerprint density at radius 2 is 2.11 bits per heavy atom. The third-order valence-corrected chi connectivity index (χ3v) is 4.17. The maximum absolute atomic E-state index is 12.0. The van der Waals surface area contributed by atoms with Gasteiger partial charge in [0.15, 0.2) is 0 Å². The van der Waals surface area contributed by atoms with Crippen molar-refractivity contribution < 1.29 is 13.5 Å². The van der Waals surface area contributed by atoms with Crippen LogP contribution in [0.4, 0.5) is 0 Å². The van der Waals surface area contributed by atoms with E-state index in [2.05, 4.69) is 9.71 Å². The molecule has 5 nitrogen and oxygen atoms in total. The molecule has 0 aliphatic rings. The Morgan fingerprint density at radius 3 is 2.74 bits per heavy atom. The lowest BCUT2D eigenvalue weighted by atomic mass is 10.2. The van der Waals surface area contributed by atoms with Gasteiger partial charge in [0.2, 0.25) is 10.0 Å². The fourth-order valence-electron chi connectivity index (χ4n) is 1.57. The summed E-state index contributed by atoms with van der Waals surface area (Å²) in [6, 6.07) is 8.34. The van der Waals surface area contributed by atoms with Gasteiger partial charge in [-0.1, -0.05) is 23.7 Å². The number of aromatic nitrogens is 1. The number of rotatable bonds is 5. The number of nitrogens with one attached hydrogen (secondary N) is 2. The first-order chi connectivity index (χ1) is 9.01. The van der Waals surface area contributed by atoms with Crippen molar-refractivity contribution in [3.05, 3.63) is 52.8 Å². The molecule has 102 valence electrons. The number of hydrogen-bond donors (Lipinski definition) is 3. The van der Waals surface area contributed by atoms with Crippen molar-refractivity contribution in [3.63, 3.8) is 0 Å². The zero-order valence-corrected chi connectivity index (χ0v) is 11.5. The summed E-state index contributed by atoms with van der Waals surface area (Å²) in [6.45, 7) is -0.0770. The molecule has 0 aliphatic heterocycles. The molecule has 0 spiro atoms. The number of sulfonamides is 1. The number of aliphatic hydroxyl groups is 1. The van der Waals surface area contributed by atoms with Gasteiger partial charge in [-0.05, 0) is 23.8 Å². The summed E-state index contributed by atoms with van der Waals surface area (Å²) in [5, 5.41) is 9.45. The lowest BCUT2D eigenvalue weighted by Gasteiger charge is -2.05. The van der Waals surface area contributed by atoms with Gasteiger partial charge in [0.25, 0.3) is 0 Å². The van der Waals surface area contributed by atoms with E-state index in [0.29, 0.717) is 10.7 Å². The molecule has 0 atom stereocenters. The van der Waals surface area contributed by atoms with Gasteiger partial charge in [-0.2, -0.15) is 0 Å². The lowest BCUT2D eigenvalue weighted by molar-refractivity contribution is 0.277. The lowest BCUT2D eigenvalue weighted by Crippen LogP contribution is -2.22. The molecule has 0 saturated carbocycles. The van der Waals surface area contributed by atoms with Crippen molar-refractivity contribution in [2.45, 2.75) is 18.0 Å². The monoisotopic (exact) mass is 300 g/mol. The van der Waals surface area contributed by atoms with Crippen molar-refractivity contribution in [3.8, 4) is 0 Å². The third-order valence-electron chi connectivity index (χ3n) is 2.55. The van der Waals surface area contributed by atoms with Gasteiger partial charge in [-0.3, -0.25) is 0 Å². The highest BCUT2D eigenvalue weighted by molar-refractivity contribution is 7.89. The molecule has 0 unspecified atom stereocenters. The van der Waals surface area contributed by atoms with Crippen LogP contribution in [0, 0.1) is 0 Å². The Morgan fingerprint density at radius 1 is 1.32 bits per heavy atom. The number of halogens is 1. The molecule has 1 aromatic heterocycles. The SMILES string of the molecule is O=S(=O)(NCc1cccc(Cl)c1)c1c[nH]c(CO)c1. The molecule has 7 heteroatoms. The third kappa shape index (κ3) is 3.57. The summed E-state index contributed by atoms with van der Waals surface area (Å²) < 4.78 is 26.4. The first-order valence-electron chi connectivity index (χ1n) is 5.53. The molecule has 2 rings (SSSR count). The maximum Gasteiger partial charge on any atom is 0.242 e. The summed E-state index contributed by atoms with van der Waals surface area (Å²) >= 11 is 5.82. The summed E-state index contributed by atoms with van der Waals surface area (Å²) in [7, 11) is -3.60. The van der Waals surface area contributed by atoms with E-state index in [0.717, 1.165) is 5.56 Å². The molecule has 1 heterocycles. The molecule has 0 aliphatic carbocycles. The summed E-state index contributed by atoms with van der Waals surface area (Å²) in [5.74, 6) is 0. The summed E-state index contributed by atoms with van der Waals surface area (Å²) in [4.78, 5) is 2.77. The first kappa shape index (κ1) is 14.1. The van der Waals surface area contributed by atoms with E-state index in [1.807, 2.05) is 0 Å². The average molecular weight is 301 g/mol. The van der Waals surface area contributed by atoms with Crippen molar-refractivity contribution in [2.24, 2.45) is 0 Å². The molecule has 0 saturated heterocycles. The van der Waals surface area contributed by atoms with Crippen LogP contribution < -0.4 is 4.72 Å². The van der Waals surface area contributed by atoms with Crippen LogP contribution >= 0.6 is 11.6 Å². The van der Waals surface area contributed by atoms with Gasteiger partial charge in [-0.15, -0.1) is 0 Å².